The number of ketones is 1. The summed E-state index contributed by atoms with van der Waals surface area (Å²) in [5.41, 5.74) is 2.04. The Morgan fingerprint density at radius 1 is 1.15 bits per heavy atom. The second kappa shape index (κ2) is 10.6. The van der Waals surface area contributed by atoms with Crippen LogP contribution in [0.2, 0.25) is 0 Å². The molecule has 0 atom stereocenters. The summed E-state index contributed by atoms with van der Waals surface area (Å²) >= 11 is 2.78. The Balaban J connectivity index is 1.47. The summed E-state index contributed by atoms with van der Waals surface area (Å²) in [5, 5.41) is 13.2. The molecule has 4 rings (SSSR count). The molecule has 174 valence electrons. The number of Topliss-reactive ketones (excluding diaryl/α,β-unsaturated/α-hetero) is 1. The summed E-state index contributed by atoms with van der Waals surface area (Å²) < 4.78 is 0. The van der Waals surface area contributed by atoms with E-state index in [1.807, 2.05) is 19.1 Å². The molecule has 0 saturated carbocycles. The van der Waals surface area contributed by atoms with Gasteiger partial charge < -0.3 is 20.2 Å². The Morgan fingerprint density at radius 2 is 1.94 bits per heavy atom. The van der Waals surface area contributed by atoms with Crippen molar-refractivity contribution in [2.24, 2.45) is 0 Å². The molecule has 2 aromatic heterocycles. The average Bonchev–Trinajstić information content (AvgIpc) is 3.30. The van der Waals surface area contributed by atoms with E-state index in [2.05, 4.69) is 44.3 Å². The van der Waals surface area contributed by atoms with E-state index in [0.29, 0.717) is 17.2 Å². The number of hydrogen-bond donors (Lipinski definition) is 2. The average molecular weight is 486 g/mol. The molecule has 33 heavy (non-hydrogen) atoms. The fourth-order valence-electron chi connectivity index (χ4n) is 3.64. The lowest BCUT2D eigenvalue weighted by Crippen LogP contribution is -2.44. The number of rotatable bonds is 8. The molecular weight excluding hydrogens is 458 g/mol. The van der Waals surface area contributed by atoms with Crippen LogP contribution < -0.4 is 10.2 Å². The molecule has 0 radical (unpaired) electrons. The van der Waals surface area contributed by atoms with Crippen molar-refractivity contribution in [3.05, 3.63) is 45.9 Å². The number of nitrogens with one attached hydrogen (secondary N) is 1. The summed E-state index contributed by atoms with van der Waals surface area (Å²) in [6.45, 7) is 5.65. The molecule has 10 heteroatoms. The Bertz CT molecular complexity index is 1160. The molecule has 3 heterocycles. The molecule has 0 unspecified atom stereocenters. The van der Waals surface area contributed by atoms with Crippen LogP contribution in [0.15, 0.2) is 35.4 Å². The van der Waals surface area contributed by atoms with E-state index >= 15 is 0 Å². The molecule has 0 aliphatic carbocycles. The number of aliphatic hydroxyl groups is 1. The Labute approximate surface area is 201 Å². The highest BCUT2D eigenvalue weighted by molar-refractivity contribution is 8.00. The quantitative estimate of drug-likeness (QED) is 0.285. The Morgan fingerprint density at radius 3 is 2.70 bits per heavy atom. The van der Waals surface area contributed by atoms with Crippen LogP contribution in [-0.2, 0) is 11.3 Å². The number of fused-ring (bicyclic) bond motifs is 1. The van der Waals surface area contributed by atoms with Gasteiger partial charge in [-0.15, -0.1) is 11.3 Å². The summed E-state index contributed by atoms with van der Waals surface area (Å²) in [7, 11) is 2.14. The van der Waals surface area contributed by atoms with Gasteiger partial charge in [-0.05, 0) is 44.3 Å². The van der Waals surface area contributed by atoms with Gasteiger partial charge in [0.05, 0.1) is 22.7 Å². The second-order valence-corrected chi connectivity index (χ2v) is 10.1. The topological polar surface area (TPSA) is 98.7 Å². The van der Waals surface area contributed by atoms with Crippen LogP contribution in [0.3, 0.4) is 0 Å². The predicted octanol–water partition coefficient (Wildman–Crippen LogP) is 2.34. The van der Waals surface area contributed by atoms with E-state index in [-0.39, 0.29) is 11.5 Å². The first-order valence-corrected chi connectivity index (χ1v) is 12.6. The van der Waals surface area contributed by atoms with Crippen molar-refractivity contribution in [2.75, 3.05) is 50.5 Å². The number of aliphatic hydroxyl groups excluding tert-OH is 1. The minimum atomic E-state index is -0.545. The summed E-state index contributed by atoms with van der Waals surface area (Å²) in [4.78, 5) is 39.4. The minimum absolute atomic E-state index is 0.0179. The number of piperazine rings is 1. The number of thioether (sulfide) groups is 1. The normalized spacial score (nSPS) is 14.6. The van der Waals surface area contributed by atoms with Crippen molar-refractivity contribution < 1.29 is 14.7 Å². The lowest BCUT2D eigenvalue weighted by Gasteiger charge is -2.34. The number of hydrogen-bond acceptors (Lipinski definition) is 9. The number of carbonyl (C=O) groups is 2. The standard InChI is InChI=1S/C23H27N5O3S2/c1-15-25-19-5-3-16(28-9-7-27(2)8-10-28)11-18(19)23(26-15)32-14-20(30)21-6-4-17(33-21)12-24-22(31)13-29/h3-6,11,29H,7-10,12-14H2,1-2H3,(H,24,31). The number of anilines is 1. The minimum Gasteiger partial charge on any atom is -0.387 e. The van der Waals surface area contributed by atoms with Gasteiger partial charge in [0.2, 0.25) is 5.91 Å². The van der Waals surface area contributed by atoms with E-state index < -0.39 is 12.5 Å². The highest BCUT2D eigenvalue weighted by Gasteiger charge is 2.17. The van der Waals surface area contributed by atoms with Gasteiger partial charge in [0.15, 0.2) is 5.78 Å². The molecule has 3 aromatic rings. The highest BCUT2D eigenvalue weighted by atomic mass is 32.2. The number of thiophene rings is 1. The number of benzene rings is 1. The fourth-order valence-corrected chi connectivity index (χ4v) is 5.56. The summed E-state index contributed by atoms with van der Waals surface area (Å²) in [6.07, 6.45) is 0. The van der Waals surface area contributed by atoms with Gasteiger partial charge in [-0.25, -0.2) is 9.97 Å². The monoisotopic (exact) mass is 485 g/mol. The molecule has 2 N–H and O–H groups in total. The highest BCUT2D eigenvalue weighted by Crippen LogP contribution is 2.30. The predicted molar refractivity (Wildman–Crippen MR) is 132 cm³/mol. The number of amides is 1. The van der Waals surface area contributed by atoms with Crippen molar-refractivity contribution in [1.82, 2.24) is 20.2 Å². The lowest BCUT2D eigenvalue weighted by atomic mass is 10.2. The first-order chi connectivity index (χ1) is 15.9. The maximum absolute atomic E-state index is 12.8. The lowest BCUT2D eigenvalue weighted by molar-refractivity contribution is -0.123. The largest absolute Gasteiger partial charge is 0.387 e. The van der Waals surface area contributed by atoms with Crippen LogP contribution in [0.4, 0.5) is 5.69 Å². The van der Waals surface area contributed by atoms with Crippen molar-refractivity contribution in [3.8, 4) is 0 Å². The fraction of sp³-hybridized carbons (Fsp3) is 0.391. The van der Waals surface area contributed by atoms with Gasteiger partial charge in [-0.3, -0.25) is 9.59 Å². The number of likely N-dealkylation sites (N-methyl/N-ethyl adjacent to an activating group) is 1. The maximum Gasteiger partial charge on any atom is 0.246 e. The second-order valence-electron chi connectivity index (χ2n) is 7.98. The maximum atomic E-state index is 12.8. The first-order valence-electron chi connectivity index (χ1n) is 10.8. The van der Waals surface area contributed by atoms with Crippen LogP contribution >= 0.6 is 23.1 Å². The van der Waals surface area contributed by atoms with Gasteiger partial charge in [0, 0.05) is 42.1 Å². The summed E-state index contributed by atoms with van der Waals surface area (Å²) in [6, 6.07) is 9.90. The van der Waals surface area contributed by atoms with E-state index in [4.69, 9.17) is 5.11 Å². The van der Waals surface area contributed by atoms with Crippen LogP contribution in [-0.4, -0.2) is 77.3 Å². The Hall–Kier alpha value is -2.53. The van der Waals surface area contributed by atoms with Crippen molar-refractivity contribution in [2.45, 2.75) is 18.5 Å². The van der Waals surface area contributed by atoms with E-state index in [1.54, 1.807) is 6.07 Å². The smallest absolute Gasteiger partial charge is 0.246 e. The van der Waals surface area contributed by atoms with Crippen LogP contribution in [0, 0.1) is 6.92 Å². The molecule has 1 aliphatic heterocycles. The van der Waals surface area contributed by atoms with Crippen molar-refractivity contribution in [3.63, 3.8) is 0 Å². The number of aryl methyl sites for hydroxylation is 1. The van der Waals surface area contributed by atoms with Gasteiger partial charge in [0.25, 0.3) is 0 Å². The molecule has 1 aliphatic rings. The van der Waals surface area contributed by atoms with Crippen LogP contribution in [0.25, 0.3) is 10.9 Å². The van der Waals surface area contributed by atoms with E-state index in [0.717, 1.165) is 52.7 Å². The third-order valence-corrected chi connectivity index (χ3v) is 7.62. The van der Waals surface area contributed by atoms with E-state index in [1.165, 1.54) is 23.1 Å². The molecule has 1 amide bonds. The zero-order chi connectivity index (χ0) is 23.4. The van der Waals surface area contributed by atoms with Crippen LogP contribution in [0.1, 0.15) is 20.4 Å². The summed E-state index contributed by atoms with van der Waals surface area (Å²) in [5.74, 6) is 0.536. The van der Waals surface area contributed by atoms with Gasteiger partial charge in [-0.2, -0.15) is 0 Å². The molecule has 8 nitrogen and oxygen atoms in total. The first kappa shape index (κ1) is 23.6. The zero-order valence-corrected chi connectivity index (χ0v) is 20.3. The number of aromatic nitrogens is 2. The SMILES string of the molecule is Cc1nc(SCC(=O)c2ccc(CNC(=O)CO)s2)c2cc(N3CCN(C)CC3)ccc2n1. The Kier molecular flexibility index (Phi) is 7.59. The number of carbonyl (C=O) groups excluding carboxylic acids is 2. The molecule has 0 bridgehead atoms. The molecule has 1 aromatic carbocycles. The molecule has 1 saturated heterocycles. The third kappa shape index (κ3) is 5.89. The third-order valence-electron chi connectivity index (χ3n) is 5.50. The molecule has 1 fully saturated rings. The zero-order valence-electron chi connectivity index (χ0n) is 18.7. The van der Waals surface area contributed by atoms with Gasteiger partial charge in [0.1, 0.15) is 17.5 Å². The van der Waals surface area contributed by atoms with Crippen molar-refractivity contribution >= 4 is 51.4 Å². The van der Waals surface area contributed by atoms with Crippen molar-refractivity contribution in [1.29, 1.82) is 0 Å². The molecule has 0 spiro atoms. The van der Waals surface area contributed by atoms with Gasteiger partial charge >= 0.3 is 0 Å². The molecular formula is C23H27N5O3S2. The van der Waals surface area contributed by atoms with Crippen LogP contribution in [0.5, 0.6) is 0 Å². The van der Waals surface area contributed by atoms with E-state index in [9.17, 15) is 9.59 Å². The number of nitrogens with zero attached hydrogens (tertiary/aromatic N) is 4. The van der Waals surface area contributed by atoms with Gasteiger partial charge in [-0.1, -0.05) is 11.8 Å².